The number of rotatable bonds is 5. The summed E-state index contributed by atoms with van der Waals surface area (Å²) in [5.41, 5.74) is 3.13. The van der Waals surface area contributed by atoms with Gasteiger partial charge in [-0.05, 0) is 42.6 Å². The molecule has 3 rings (SSSR count). The molecule has 0 atom stereocenters. The van der Waals surface area contributed by atoms with Crippen molar-refractivity contribution in [1.29, 1.82) is 0 Å². The van der Waals surface area contributed by atoms with Gasteiger partial charge in [-0.3, -0.25) is 0 Å². The van der Waals surface area contributed by atoms with E-state index in [2.05, 4.69) is 51.2 Å². The summed E-state index contributed by atoms with van der Waals surface area (Å²) in [5, 5.41) is 11.9. The van der Waals surface area contributed by atoms with E-state index < -0.39 is 0 Å². The van der Waals surface area contributed by atoms with Gasteiger partial charge in [0, 0.05) is 24.8 Å². The molecular formula is C14H17N5S. The van der Waals surface area contributed by atoms with Crippen LogP contribution in [0, 0.1) is 0 Å². The zero-order valence-corrected chi connectivity index (χ0v) is 12.4. The lowest BCUT2D eigenvalue weighted by atomic mass is 10.2. The zero-order chi connectivity index (χ0) is 13.9. The Morgan fingerprint density at radius 2 is 2.25 bits per heavy atom. The minimum Gasteiger partial charge on any atom is -0.369 e. The number of nitrogens with one attached hydrogen (secondary N) is 1. The van der Waals surface area contributed by atoms with Gasteiger partial charge in [-0.2, -0.15) is 16.4 Å². The molecule has 20 heavy (non-hydrogen) atoms. The number of hydrogen-bond donors (Lipinski definition) is 1. The van der Waals surface area contributed by atoms with Gasteiger partial charge < -0.3 is 10.2 Å². The largest absolute Gasteiger partial charge is 0.369 e. The van der Waals surface area contributed by atoms with Crippen molar-refractivity contribution in [1.82, 2.24) is 19.5 Å². The van der Waals surface area contributed by atoms with Gasteiger partial charge in [0.05, 0.1) is 6.20 Å². The molecule has 1 N–H and O–H groups in total. The molecule has 0 amide bonds. The van der Waals surface area contributed by atoms with Gasteiger partial charge in [-0.15, -0.1) is 0 Å². The maximum atomic E-state index is 4.66. The lowest BCUT2D eigenvalue weighted by Crippen LogP contribution is -2.21. The summed E-state index contributed by atoms with van der Waals surface area (Å²) < 4.78 is 1.81. The molecule has 5 nitrogen and oxygen atoms in total. The van der Waals surface area contributed by atoms with Crippen LogP contribution in [0.2, 0.25) is 0 Å². The summed E-state index contributed by atoms with van der Waals surface area (Å²) in [6.45, 7) is 1.85. The number of anilines is 1. The maximum absolute atomic E-state index is 4.66. The van der Waals surface area contributed by atoms with Crippen LogP contribution < -0.4 is 5.32 Å². The average Bonchev–Trinajstić information content (AvgIpc) is 3.06. The molecule has 0 aliphatic heterocycles. The molecule has 3 aromatic heterocycles. The van der Waals surface area contributed by atoms with Crippen LogP contribution in [0.15, 0.2) is 35.3 Å². The summed E-state index contributed by atoms with van der Waals surface area (Å²) in [4.78, 5) is 6.80. The van der Waals surface area contributed by atoms with E-state index in [0.717, 1.165) is 30.1 Å². The van der Waals surface area contributed by atoms with Crippen LogP contribution in [-0.2, 0) is 0 Å². The first-order valence-electron chi connectivity index (χ1n) is 6.49. The Labute approximate surface area is 121 Å². The molecule has 0 radical (unpaired) electrons. The zero-order valence-electron chi connectivity index (χ0n) is 11.6. The Balaban J connectivity index is 1.87. The Hall–Kier alpha value is -1.92. The highest BCUT2D eigenvalue weighted by atomic mass is 32.1. The Kier molecular flexibility index (Phi) is 3.66. The highest BCUT2D eigenvalue weighted by Gasteiger charge is 2.09. The molecular weight excluding hydrogens is 270 g/mol. The molecule has 0 spiro atoms. The first-order valence-corrected chi connectivity index (χ1v) is 7.44. The molecule has 0 saturated heterocycles. The molecule has 3 heterocycles. The number of thiophene rings is 1. The quantitative estimate of drug-likeness (QED) is 0.783. The summed E-state index contributed by atoms with van der Waals surface area (Å²) in [6, 6.07) is 4.04. The van der Waals surface area contributed by atoms with Crippen LogP contribution in [0.5, 0.6) is 0 Å². The van der Waals surface area contributed by atoms with Gasteiger partial charge in [0.2, 0.25) is 0 Å². The third-order valence-electron chi connectivity index (χ3n) is 3.07. The number of hydrogen-bond acceptors (Lipinski definition) is 5. The van der Waals surface area contributed by atoms with Crippen molar-refractivity contribution in [3.8, 4) is 11.1 Å². The van der Waals surface area contributed by atoms with E-state index in [0.29, 0.717) is 0 Å². The first-order chi connectivity index (χ1) is 9.74. The normalized spacial score (nSPS) is 11.3. The predicted molar refractivity (Wildman–Crippen MR) is 83.3 cm³/mol. The highest BCUT2D eigenvalue weighted by Crippen LogP contribution is 2.25. The molecule has 0 aliphatic rings. The Morgan fingerprint density at radius 1 is 1.35 bits per heavy atom. The topological polar surface area (TPSA) is 45.5 Å². The third kappa shape index (κ3) is 2.66. The van der Waals surface area contributed by atoms with Crippen molar-refractivity contribution in [3.63, 3.8) is 0 Å². The van der Waals surface area contributed by atoms with E-state index in [-0.39, 0.29) is 0 Å². The van der Waals surface area contributed by atoms with Crippen LogP contribution >= 0.6 is 11.3 Å². The van der Waals surface area contributed by atoms with E-state index >= 15 is 0 Å². The smallest absolute Gasteiger partial charge is 0.165 e. The molecule has 0 bridgehead atoms. The van der Waals surface area contributed by atoms with Crippen LogP contribution in [0.1, 0.15) is 0 Å². The molecule has 0 fully saturated rings. The fourth-order valence-corrected chi connectivity index (χ4v) is 2.65. The van der Waals surface area contributed by atoms with E-state index in [9.17, 15) is 0 Å². The molecule has 0 saturated carbocycles. The van der Waals surface area contributed by atoms with Gasteiger partial charge in [-0.1, -0.05) is 0 Å². The summed E-state index contributed by atoms with van der Waals surface area (Å²) in [5.74, 6) is 0.885. The molecule has 0 unspecified atom stereocenters. The third-order valence-corrected chi connectivity index (χ3v) is 3.75. The van der Waals surface area contributed by atoms with E-state index in [1.807, 2.05) is 23.0 Å². The van der Waals surface area contributed by atoms with E-state index in [4.69, 9.17) is 0 Å². The first kappa shape index (κ1) is 13.1. The average molecular weight is 287 g/mol. The molecule has 0 aliphatic carbocycles. The van der Waals surface area contributed by atoms with Gasteiger partial charge in [-0.25, -0.2) is 9.50 Å². The predicted octanol–water partition coefficient (Wildman–Crippen LogP) is 2.43. The molecule has 0 aromatic carbocycles. The number of aromatic nitrogens is 3. The fraction of sp³-hybridized carbons (Fsp3) is 0.286. The summed E-state index contributed by atoms with van der Waals surface area (Å²) in [6.07, 6.45) is 3.81. The lowest BCUT2D eigenvalue weighted by Gasteiger charge is -2.10. The maximum Gasteiger partial charge on any atom is 0.165 e. The van der Waals surface area contributed by atoms with Gasteiger partial charge in [0.15, 0.2) is 5.65 Å². The second-order valence-corrected chi connectivity index (χ2v) is 5.66. The fourth-order valence-electron chi connectivity index (χ4n) is 2.00. The van der Waals surface area contributed by atoms with Crippen LogP contribution in [0.3, 0.4) is 0 Å². The van der Waals surface area contributed by atoms with Gasteiger partial charge in [0.1, 0.15) is 5.82 Å². The van der Waals surface area contributed by atoms with Crippen molar-refractivity contribution in [2.24, 2.45) is 0 Å². The van der Waals surface area contributed by atoms with Gasteiger partial charge >= 0.3 is 0 Å². The van der Waals surface area contributed by atoms with Crippen LogP contribution in [-0.4, -0.2) is 46.7 Å². The van der Waals surface area contributed by atoms with E-state index in [1.165, 1.54) is 5.56 Å². The summed E-state index contributed by atoms with van der Waals surface area (Å²) in [7, 11) is 4.12. The molecule has 6 heteroatoms. The lowest BCUT2D eigenvalue weighted by molar-refractivity contribution is 0.425. The minimum atomic E-state index is 0.873. The second kappa shape index (κ2) is 5.60. The van der Waals surface area contributed by atoms with Gasteiger partial charge in [0.25, 0.3) is 0 Å². The Morgan fingerprint density at radius 3 is 3.00 bits per heavy atom. The number of nitrogens with zero attached hydrogens (tertiary/aromatic N) is 4. The monoisotopic (exact) mass is 287 g/mol. The van der Waals surface area contributed by atoms with Crippen molar-refractivity contribution in [3.05, 3.63) is 35.3 Å². The van der Waals surface area contributed by atoms with Crippen LogP contribution in [0.25, 0.3) is 16.8 Å². The van der Waals surface area contributed by atoms with Crippen molar-refractivity contribution in [2.75, 3.05) is 32.5 Å². The summed E-state index contributed by atoms with van der Waals surface area (Å²) >= 11 is 1.68. The Bertz CT molecular complexity index is 687. The number of likely N-dealkylation sites (N-methyl/N-ethyl adjacent to an activating group) is 1. The van der Waals surface area contributed by atoms with E-state index in [1.54, 1.807) is 11.3 Å². The standard InChI is InChI=1S/C14H17N5S/c1-18(2)7-5-15-13-3-6-19-14(17-13)12(9-16-19)11-4-8-20-10-11/h3-4,6,8-10H,5,7H2,1-2H3,(H,15,17). The second-order valence-electron chi connectivity index (χ2n) is 4.88. The van der Waals surface area contributed by atoms with Crippen molar-refractivity contribution < 1.29 is 0 Å². The number of fused-ring (bicyclic) bond motifs is 1. The van der Waals surface area contributed by atoms with Crippen molar-refractivity contribution >= 4 is 22.8 Å². The molecule has 3 aromatic rings. The minimum absolute atomic E-state index is 0.873. The van der Waals surface area contributed by atoms with Crippen molar-refractivity contribution in [2.45, 2.75) is 0 Å². The highest BCUT2D eigenvalue weighted by molar-refractivity contribution is 7.08. The SMILES string of the molecule is CN(C)CCNc1ccn2ncc(-c3ccsc3)c2n1. The van der Waals surface area contributed by atoms with Crippen LogP contribution in [0.4, 0.5) is 5.82 Å². The molecule has 104 valence electrons.